The highest BCUT2D eigenvalue weighted by Gasteiger charge is 2.22. The SMILES string of the molecule is Cc1cc(Nc2cncc(C(=O)N3CCN(Cc4ccccc4)CC3)c2)no1. The van der Waals surface area contributed by atoms with Gasteiger partial charge in [0.1, 0.15) is 5.76 Å². The van der Waals surface area contributed by atoms with Crippen molar-refractivity contribution < 1.29 is 9.32 Å². The molecule has 1 saturated heterocycles. The minimum Gasteiger partial charge on any atom is -0.360 e. The van der Waals surface area contributed by atoms with E-state index in [9.17, 15) is 4.79 Å². The Bertz CT molecular complexity index is 933. The monoisotopic (exact) mass is 377 g/mol. The number of hydrogen-bond donors (Lipinski definition) is 1. The van der Waals surface area contributed by atoms with Crippen LogP contribution in [0.3, 0.4) is 0 Å². The van der Waals surface area contributed by atoms with Crippen molar-refractivity contribution in [1.82, 2.24) is 19.9 Å². The number of carbonyl (C=O) groups excluding carboxylic acids is 1. The molecule has 1 aliphatic heterocycles. The molecule has 1 aliphatic rings. The van der Waals surface area contributed by atoms with Gasteiger partial charge in [0.05, 0.1) is 17.4 Å². The fourth-order valence-electron chi connectivity index (χ4n) is 3.33. The number of hydrogen-bond acceptors (Lipinski definition) is 6. The highest BCUT2D eigenvalue weighted by Crippen LogP contribution is 2.18. The summed E-state index contributed by atoms with van der Waals surface area (Å²) in [4.78, 5) is 21.3. The second-order valence-corrected chi connectivity index (χ2v) is 6.96. The minimum absolute atomic E-state index is 0.00634. The molecule has 0 spiro atoms. The third-order valence-corrected chi connectivity index (χ3v) is 4.79. The average Bonchev–Trinajstić information content (AvgIpc) is 3.13. The summed E-state index contributed by atoms with van der Waals surface area (Å²) in [6.45, 7) is 5.90. The summed E-state index contributed by atoms with van der Waals surface area (Å²) in [5.41, 5.74) is 2.58. The lowest BCUT2D eigenvalue weighted by molar-refractivity contribution is 0.0628. The molecule has 1 aromatic carbocycles. The van der Waals surface area contributed by atoms with Gasteiger partial charge in [0.25, 0.3) is 5.91 Å². The molecule has 7 heteroatoms. The van der Waals surface area contributed by atoms with Crippen LogP contribution in [-0.2, 0) is 6.54 Å². The number of anilines is 2. The van der Waals surface area contributed by atoms with Crippen LogP contribution < -0.4 is 5.32 Å². The van der Waals surface area contributed by atoms with Crippen LogP contribution in [0.25, 0.3) is 0 Å². The average molecular weight is 377 g/mol. The van der Waals surface area contributed by atoms with E-state index in [4.69, 9.17) is 4.52 Å². The maximum atomic E-state index is 12.9. The highest BCUT2D eigenvalue weighted by atomic mass is 16.5. The zero-order chi connectivity index (χ0) is 19.3. The van der Waals surface area contributed by atoms with Crippen LogP contribution in [0.5, 0.6) is 0 Å². The van der Waals surface area contributed by atoms with Crippen LogP contribution in [0, 0.1) is 6.92 Å². The molecule has 4 rings (SSSR count). The van der Waals surface area contributed by atoms with E-state index in [-0.39, 0.29) is 5.91 Å². The molecule has 0 radical (unpaired) electrons. The molecular formula is C21H23N5O2. The Labute approximate surface area is 164 Å². The summed E-state index contributed by atoms with van der Waals surface area (Å²) in [6.07, 6.45) is 3.27. The quantitative estimate of drug-likeness (QED) is 0.737. The van der Waals surface area contributed by atoms with E-state index in [0.29, 0.717) is 30.2 Å². The molecule has 2 aromatic heterocycles. The van der Waals surface area contributed by atoms with Gasteiger partial charge in [-0.05, 0) is 18.6 Å². The van der Waals surface area contributed by atoms with Crippen LogP contribution >= 0.6 is 0 Å². The molecule has 144 valence electrons. The van der Waals surface area contributed by atoms with Crippen LogP contribution in [0.1, 0.15) is 21.7 Å². The zero-order valence-corrected chi connectivity index (χ0v) is 15.8. The van der Waals surface area contributed by atoms with Gasteiger partial charge in [-0.15, -0.1) is 0 Å². The number of amides is 1. The Kier molecular flexibility index (Phi) is 5.34. The fourth-order valence-corrected chi connectivity index (χ4v) is 3.33. The Morgan fingerprint density at radius 1 is 1.11 bits per heavy atom. The van der Waals surface area contributed by atoms with Crippen molar-refractivity contribution in [3.8, 4) is 0 Å². The normalized spacial score (nSPS) is 14.8. The lowest BCUT2D eigenvalue weighted by Crippen LogP contribution is -2.48. The van der Waals surface area contributed by atoms with Crippen LogP contribution in [0.2, 0.25) is 0 Å². The van der Waals surface area contributed by atoms with E-state index in [1.807, 2.05) is 17.9 Å². The first-order valence-corrected chi connectivity index (χ1v) is 9.38. The van der Waals surface area contributed by atoms with E-state index >= 15 is 0 Å². The molecule has 7 nitrogen and oxygen atoms in total. The molecule has 1 amide bonds. The molecule has 0 unspecified atom stereocenters. The fraction of sp³-hybridized carbons (Fsp3) is 0.286. The van der Waals surface area contributed by atoms with E-state index in [2.05, 4.69) is 44.6 Å². The Hall–Kier alpha value is -3.19. The van der Waals surface area contributed by atoms with E-state index in [1.165, 1.54) is 5.56 Å². The molecule has 3 aromatic rings. The van der Waals surface area contributed by atoms with Crippen molar-refractivity contribution in [2.24, 2.45) is 0 Å². The lowest BCUT2D eigenvalue weighted by Gasteiger charge is -2.34. The van der Waals surface area contributed by atoms with Gasteiger partial charge in [0.15, 0.2) is 5.82 Å². The first kappa shape index (κ1) is 18.2. The van der Waals surface area contributed by atoms with Crippen molar-refractivity contribution >= 4 is 17.4 Å². The molecule has 1 N–H and O–H groups in total. The van der Waals surface area contributed by atoms with Crippen LogP contribution in [0.4, 0.5) is 11.5 Å². The molecule has 1 fully saturated rings. The van der Waals surface area contributed by atoms with Gasteiger partial charge in [-0.3, -0.25) is 14.7 Å². The summed E-state index contributed by atoms with van der Waals surface area (Å²) in [7, 11) is 0. The summed E-state index contributed by atoms with van der Waals surface area (Å²) < 4.78 is 5.05. The predicted octanol–water partition coefficient (Wildman–Crippen LogP) is 3.08. The number of nitrogens with zero attached hydrogens (tertiary/aromatic N) is 4. The topological polar surface area (TPSA) is 74.5 Å². The first-order chi connectivity index (χ1) is 13.7. The van der Waals surface area contributed by atoms with Gasteiger partial charge in [0.2, 0.25) is 0 Å². The Balaban J connectivity index is 1.35. The van der Waals surface area contributed by atoms with Crippen molar-refractivity contribution in [2.75, 3.05) is 31.5 Å². The number of nitrogens with one attached hydrogen (secondary N) is 1. The standard InChI is InChI=1S/C21H23N5O2/c1-16-11-20(24-28-16)23-19-12-18(13-22-14-19)21(27)26-9-7-25(8-10-26)15-17-5-3-2-4-6-17/h2-6,11-14H,7-10,15H2,1H3,(H,23,24). The van der Waals surface area contributed by atoms with E-state index < -0.39 is 0 Å². The molecule has 0 bridgehead atoms. The van der Waals surface area contributed by atoms with Gasteiger partial charge in [0, 0.05) is 45.0 Å². The van der Waals surface area contributed by atoms with Crippen molar-refractivity contribution in [2.45, 2.75) is 13.5 Å². The summed E-state index contributed by atoms with van der Waals surface area (Å²) in [5.74, 6) is 1.32. The van der Waals surface area contributed by atoms with Gasteiger partial charge in [-0.1, -0.05) is 35.5 Å². The molecular weight excluding hydrogens is 354 g/mol. The third-order valence-electron chi connectivity index (χ3n) is 4.79. The first-order valence-electron chi connectivity index (χ1n) is 9.38. The van der Waals surface area contributed by atoms with Crippen molar-refractivity contribution in [1.29, 1.82) is 0 Å². The number of carbonyl (C=O) groups is 1. The van der Waals surface area contributed by atoms with Crippen molar-refractivity contribution in [3.63, 3.8) is 0 Å². The number of aryl methyl sites for hydroxylation is 1. The van der Waals surface area contributed by atoms with E-state index in [0.717, 1.165) is 25.4 Å². The third kappa shape index (κ3) is 4.37. The van der Waals surface area contributed by atoms with E-state index in [1.54, 1.807) is 24.5 Å². The van der Waals surface area contributed by atoms with Crippen molar-refractivity contribution in [3.05, 3.63) is 71.7 Å². The van der Waals surface area contributed by atoms with Gasteiger partial charge >= 0.3 is 0 Å². The summed E-state index contributed by atoms with van der Waals surface area (Å²) in [5, 5.41) is 7.01. The lowest BCUT2D eigenvalue weighted by atomic mass is 10.2. The molecule has 3 heterocycles. The maximum Gasteiger partial charge on any atom is 0.255 e. The smallest absolute Gasteiger partial charge is 0.255 e. The summed E-state index contributed by atoms with van der Waals surface area (Å²) >= 11 is 0. The number of aromatic nitrogens is 2. The molecule has 0 atom stereocenters. The molecule has 28 heavy (non-hydrogen) atoms. The zero-order valence-electron chi connectivity index (χ0n) is 15.8. The van der Waals surface area contributed by atoms with Crippen LogP contribution in [-0.4, -0.2) is 52.0 Å². The predicted molar refractivity (Wildman–Crippen MR) is 106 cm³/mol. The van der Waals surface area contributed by atoms with Gasteiger partial charge in [-0.25, -0.2) is 0 Å². The summed E-state index contributed by atoms with van der Waals surface area (Å²) in [6, 6.07) is 14.0. The maximum absolute atomic E-state index is 12.9. The number of piperazine rings is 1. The number of pyridine rings is 1. The second-order valence-electron chi connectivity index (χ2n) is 6.96. The molecule has 0 aliphatic carbocycles. The molecule has 0 saturated carbocycles. The Morgan fingerprint density at radius 3 is 2.61 bits per heavy atom. The second kappa shape index (κ2) is 8.22. The highest BCUT2D eigenvalue weighted by molar-refractivity contribution is 5.95. The Morgan fingerprint density at radius 2 is 1.89 bits per heavy atom. The minimum atomic E-state index is 0.00634. The van der Waals surface area contributed by atoms with Gasteiger partial charge in [-0.2, -0.15) is 0 Å². The van der Waals surface area contributed by atoms with Gasteiger partial charge < -0.3 is 14.7 Å². The van der Waals surface area contributed by atoms with Crippen LogP contribution in [0.15, 0.2) is 59.4 Å². The number of rotatable bonds is 5. The largest absolute Gasteiger partial charge is 0.360 e. The number of benzene rings is 1.